The van der Waals surface area contributed by atoms with Crippen LogP contribution >= 0.6 is 0 Å². The summed E-state index contributed by atoms with van der Waals surface area (Å²) in [6, 6.07) is 13.1. The standard InChI is InChI=1S/C21H21N3O4/c1-13(26)22-18(12-25)21(27)24-10-9-19-17(11-24)20(23-28-19)16-8-4-6-14-5-2-3-7-15(14)16/h2-8,18,25H,9-12H2,1H3,(H,22,26). The van der Waals surface area contributed by atoms with Gasteiger partial charge >= 0.3 is 0 Å². The first-order valence-corrected chi connectivity index (χ1v) is 9.20. The molecule has 0 radical (unpaired) electrons. The normalized spacial score (nSPS) is 14.6. The Hall–Kier alpha value is -3.19. The number of fused-ring (bicyclic) bond motifs is 2. The molecule has 3 aromatic rings. The highest BCUT2D eigenvalue weighted by Gasteiger charge is 2.31. The third-order valence-electron chi connectivity index (χ3n) is 5.04. The third kappa shape index (κ3) is 3.25. The number of nitrogens with one attached hydrogen (secondary N) is 1. The van der Waals surface area contributed by atoms with E-state index in [-0.39, 0.29) is 11.8 Å². The van der Waals surface area contributed by atoms with E-state index in [4.69, 9.17) is 4.52 Å². The van der Waals surface area contributed by atoms with Crippen molar-refractivity contribution in [1.82, 2.24) is 15.4 Å². The molecule has 1 atom stereocenters. The highest BCUT2D eigenvalue weighted by Crippen LogP contribution is 2.34. The van der Waals surface area contributed by atoms with Crippen LogP contribution in [0.3, 0.4) is 0 Å². The lowest BCUT2D eigenvalue weighted by molar-refractivity contribution is -0.138. The second-order valence-electron chi connectivity index (χ2n) is 6.91. The van der Waals surface area contributed by atoms with E-state index >= 15 is 0 Å². The van der Waals surface area contributed by atoms with Gasteiger partial charge in [0.1, 0.15) is 17.5 Å². The zero-order valence-corrected chi connectivity index (χ0v) is 15.5. The summed E-state index contributed by atoms with van der Waals surface area (Å²) in [5.41, 5.74) is 2.55. The maximum absolute atomic E-state index is 12.8. The van der Waals surface area contributed by atoms with Crippen LogP contribution in [0.1, 0.15) is 18.2 Å². The Morgan fingerprint density at radius 3 is 2.82 bits per heavy atom. The molecule has 1 aliphatic rings. The summed E-state index contributed by atoms with van der Waals surface area (Å²) in [5, 5.41) is 18.4. The average molecular weight is 379 g/mol. The van der Waals surface area contributed by atoms with Crippen LogP contribution in [0, 0.1) is 0 Å². The molecule has 1 unspecified atom stereocenters. The van der Waals surface area contributed by atoms with Crippen molar-refractivity contribution in [2.24, 2.45) is 0 Å². The van der Waals surface area contributed by atoms with Crippen LogP contribution in [0.5, 0.6) is 0 Å². The molecule has 0 aliphatic carbocycles. The lowest BCUT2D eigenvalue weighted by Crippen LogP contribution is -2.51. The molecule has 7 heteroatoms. The van der Waals surface area contributed by atoms with E-state index < -0.39 is 12.6 Å². The summed E-state index contributed by atoms with van der Waals surface area (Å²) in [7, 11) is 0. The van der Waals surface area contributed by atoms with Gasteiger partial charge in [0.2, 0.25) is 11.8 Å². The fourth-order valence-electron chi connectivity index (χ4n) is 3.69. The Bertz CT molecular complexity index is 1040. The smallest absolute Gasteiger partial charge is 0.247 e. The minimum Gasteiger partial charge on any atom is -0.394 e. The molecule has 2 N–H and O–H groups in total. The molecule has 0 saturated carbocycles. The number of aliphatic hydroxyl groups excluding tert-OH is 1. The molecular formula is C21H21N3O4. The molecule has 2 amide bonds. The van der Waals surface area contributed by atoms with Gasteiger partial charge in [-0.1, -0.05) is 47.6 Å². The molecule has 7 nitrogen and oxygen atoms in total. The lowest BCUT2D eigenvalue weighted by atomic mass is 9.96. The van der Waals surface area contributed by atoms with Crippen molar-refractivity contribution >= 4 is 22.6 Å². The molecule has 1 aliphatic heterocycles. The average Bonchev–Trinajstić information content (AvgIpc) is 3.14. The number of aliphatic hydroxyl groups is 1. The van der Waals surface area contributed by atoms with Crippen LogP contribution < -0.4 is 5.32 Å². The second-order valence-corrected chi connectivity index (χ2v) is 6.91. The number of aromatic nitrogens is 1. The Labute approximate surface area is 161 Å². The van der Waals surface area contributed by atoms with Crippen LogP contribution in [0.4, 0.5) is 0 Å². The molecule has 1 aromatic heterocycles. The van der Waals surface area contributed by atoms with Gasteiger partial charge in [-0.15, -0.1) is 0 Å². The lowest BCUT2D eigenvalue weighted by Gasteiger charge is -2.29. The van der Waals surface area contributed by atoms with E-state index in [2.05, 4.69) is 10.5 Å². The number of carbonyl (C=O) groups excluding carboxylic acids is 2. The van der Waals surface area contributed by atoms with Crippen molar-refractivity contribution in [3.05, 3.63) is 53.8 Å². The van der Waals surface area contributed by atoms with Crippen LogP contribution in [0.2, 0.25) is 0 Å². The Morgan fingerprint density at radius 1 is 1.25 bits per heavy atom. The number of hydrogen-bond acceptors (Lipinski definition) is 5. The number of carbonyl (C=O) groups is 2. The van der Waals surface area contributed by atoms with E-state index in [0.29, 0.717) is 19.5 Å². The predicted octanol–water partition coefficient (Wildman–Crippen LogP) is 1.88. The monoisotopic (exact) mass is 379 g/mol. The van der Waals surface area contributed by atoms with Gasteiger partial charge in [-0.2, -0.15) is 0 Å². The molecular weight excluding hydrogens is 358 g/mol. The van der Waals surface area contributed by atoms with Crippen LogP contribution in [-0.4, -0.2) is 46.2 Å². The van der Waals surface area contributed by atoms with Gasteiger partial charge < -0.3 is 19.8 Å². The van der Waals surface area contributed by atoms with Gasteiger partial charge in [0, 0.05) is 31.0 Å². The quantitative estimate of drug-likeness (QED) is 0.722. The Kier molecular flexibility index (Phi) is 4.83. The van der Waals surface area contributed by atoms with Crippen molar-refractivity contribution < 1.29 is 19.2 Å². The molecule has 0 spiro atoms. The summed E-state index contributed by atoms with van der Waals surface area (Å²) in [4.78, 5) is 25.7. The fourth-order valence-corrected chi connectivity index (χ4v) is 3.69. The Balaban J connectivity index is 1.67. The first kappa shape index (κ1) is 18.2. The van der Waals surface area contributed by atoms with Crippen LogP contribution in [0.25, 0.3) is 22.0 Å². The maximum atomic E-state index is 12.8. The summed E-state index contributed by atoms with van der Waals surface area (Å²) in [5.74, 6) is 0.104. The van der Waals surface area contributed by atoms with Crippen molar-refractivity contribution in [3.63, 3.8) is 0 Å². The highest BCUT2D eigenvalue weighted by atomic mass is 16.5. The van der Waals surface area contributed by atoms with E-state index in [1.54, 1.807) is 4.90 Å². The number of hydrogen-bond donors (Lipinski definition) is 2. The minimum absolute atomic E-state index is 0.312. The fraction of sp³-hybridized carbons (Fsp3) is 0.286. The summed E-state index contributed by atoms with van der Waals surface area (Å²) in [6.45, 7) is 1.66. The van der Waals surface area contributed by atoms with Gasteiger partial charge in [-0.05, 0) is 10.8 Å². The number of rotatable bonds is 4. The SMILES string of the molecule is CC(=O)NC(CO)C(=O)N1CCc2onc(-c3cccc4ccccc34)c2C1. The molecule has 0 saturated heterocycles. The largest absolute Gasteiger partial charge is 0.394 e. The summed E-state index contributed by atoms with van der Waals surface area (Å²) >= 11 is 0. The molecule has 4 rings (SSSR count). The van der Waals surface area contributed by atoms with E-state index in [1.165, 1.54) is 6.92 Å². The van der Waals surface area contributed by atoms with Gasteiger partial charge in [-0.3, -0.25) is 9.59 Å². The second kappa shape index (κ2) is 7.44. The van der Waals surface area contributed by atoms with E-state index in [9.17, 15) is 14.7 Å². The zero-order chi connectivity index (χ0) is 19.7. The molecule has 2 aromatic carbocycles. The summed E-state index contributed by atoms with van der Waals surface area (Å²) in [6.07, 6.45) is 0.539. The van der Waals surface area contributed by atoms with Gasteiger partial charge in [-0.25, -0.2) is 0 Å². The molecule has 144 valence electrons. The molecule has 0 bridgehead atoms. The first-order chi connectivity index (χ1) is 13.6. The van der Waals surface area contributed by atoms with Crippen molar-refractivity contribution in [2.75, 3.05) is 13.2 Å². The Morgan fingerprint density at radius 2 is 2.04 bits per heavy atom. The molecule has 0 fully saturated rings. The van der Waals surface area contributed by atoms with E-state index in [0.717, 1.165) is 33.4 Å². The molecule has 2 heterocycles. The maximum Gasteiger partial charge on any atom is 0.247 e. The number of benzene rings is 2. The van der Waals surface area contributed by atoms with E-state index in [1.807, 2.05) is 42.5 Å². The van der Waals surface area contributed by atoms with Crippen molar-refractivity contribution in [1.29, 1.82) is 0 Å². The van der Waals surface area contributed by atoms with Crippen molar-refractivity contribution in [3.8, 4) is 11.3 Å². The van der Waals surface area contributed by atoms with Gasteiger partial charge in [0.25, 0.3) is 0 Å². The zero-order valence-electron chi connectivity index (χ0n) is 15.5. The molecule has 28 heavy (non-hydrogen) atoms. The first-order valence-electron chi connectivity index (χ1n) is 9.20. The van der Waals surface area contributed by atoms with Crippen LogP contribution in [-0.2, 0) is 22.6 Å². The number of nitrogens with zero attached hydrogens (tertiary/aromatic N) is 2. The highest BCUT2D eigenvalue weighted by molar-refractivity contribution is 5.96. The van der Waals surface area contributed by atoms with Crippen molar-refractivity contribution in [2.45, 2.75) is 25.9 Å². The van der Waals surface area contributed by atoms with Gasteiger partial charge in [0.05, 0.1) is 13.2 Å². The van der Waals surface area contributed by atoms with Crippen LogP contribution in [0.15, 0.2) is 47.0 Å². The third-order valence-corrected chi connectivity index (χ3v) is 5.04. The minimum atomic E-state index is -0.945. The van der Waals surface area contributed by atoms with Gasteiger partial charge in [0.15, 0.2) is 0 Å². The summed E-state index contributed by atoms with van der Waals surface area (Å²) < 4.78 is 5.56. The topological polar surface area (TPSA) is 95.7 Å². The number of amides is 2. The predicted molar refractivity (Wildman–Crippen MR) is 103 cm³/mol.